The fourth-order valence-electron chi connectivity index (χ4n) is 8.31. The summed E-state index contributed by atoms with van der Waals surface area (Å²) in [6, 6.07) is 54.4. The molecule has 0 amide bonds. The molecule has 0 aliphatic heterocycles. The summed E-state index contributed by atoms with van der Waals surface area (Å²) in [7, 11) is 0. The zero-order valence-electron chi connectivity index (χ0n) is 26.8. The molecule has 2 heterocycles. The van der Waals surface area contributed by atoms with Gasteiger partial charge in [0.15, 0.2) is 0 Å². The maximum Gasteiger partial charge on any atom is 0.235 e. The summed E-state index contributed by atoms with van der Waals surface area (Å²) >= 11 is 0. The first-order chi connectivity index (χ1) is 23.6. The van der Waals surface area contributed by atoms with E-state index >= 15 is 0 Å². The van der Waals surface area contributed by atoms with Crippen molar-refractivity contribution in [3.63, 3.8) is 0 Å². The molecule has 10 rings (SSSR count). The van der Waals surface area contributed by atoms with Crippen molar-refractivity contribution in [2.75, 3.05) is 0 Å². The Morgan fingerprint density at radius 3 is 2.02 bits per heavy atom. The first-order valence-corrected chi connectivity index (χ1v) is 16.6. The number of aromatic nitrogens is 3. The average molecular weight is 614 g/mol. The van der Waals surface area contributed by atoms with Crippen LogP contribution in [0.4, 0.5) is 0 Å². The van der Waals surface area contributed by atoms with Crippen molar-refractivity contribution in [2.24, 2.45) is 0 Å². The lowest BCUT2D eigenvalue weighted by molar-refractivity contribution is 0.662. The van der Waals surface area contributed by atoms with Crippen LogP contribution in [-0.4, -0.2) is 14.5 Å². The minimum atomic E-state index is -0.159. The van der Waals surface area contributed by atoms with Gasteiger partial charge < -0.3 is 0 Å². The second kappa shape index (κ2) is 9.97. The van der Waals surface area contributed by atoms with E-state index in [-0.39, 0.29) is 5.41 Å². The minimum absolute atomic E-state index is 0.159. The molecule has 0 radical (unpaired) electrons. The predicted molar refractivity (Wildman–Crippen MR) is 200 cm³/mol. The molecule has 9 aromatic rings. The Bertz CT molecular complexity index is 2750. The molecule has 1 aliphatic rings. The highest BCUT2D eigenvalue weighted by Crippen LogP contribution is 2.53. The first-order valence-electron chi connectivity index (χ1n) is 16.6. The number of fused-ring (bicyclic) bond motifs is 9. The van der Waals surface area contributed by atoms with Gasteiger partial charge in [0.05, 0.1) is 22.2 Å². The van der Waals surface area contributed by atoms with Crippen LogP contribution in [0.3, 0.4) is 0 Å². The molecule has 0 fully saturated rings. The second-order valence-corrected chi connectivity index (χ2v) is 13.4. The number of rotatable bonds is 3. The SMILES string of the molecule is CC1(C)c2ccccc2-c2cccc(-c3cccc4c5c6ccccc6ccc5n(-c5nc(-c6ccccc6)c6ccccc6n5)c34)c21. The zero-order chi connectivity index (χ0) is 32.0. The summed E-state index contributed by atoms with van der Waals surface area (Å²) in [6.45, 7) is 4.73. The summed E-state index contributed by atoms with van der Waals surface area (Å²) in [5.74, 6) is 0.672. The normalized spacial score (nSPS) is 13.4. The van der Waals surface area contributed by atoms with Crippen molar-refractivity contribution in [3.05, 3.63) is 163 Å². The van der Waals surface area contributed by atoms with Crippen molar-refractivity contribution in [1.29, 1.82) is 0 Å². The van der Waals surface area contributed by atoms with Gasteiger partial charge in [-0.3, -0.25) is 4.57 Å². The molecule has 3 heteroatoms. The minimum Gasteiger partial charge on any atom is -0.277 e. The average Bonchev–Trinajstić information content (AvgIpc) is 3.61. The molecular formula is C45H31N3. The van der Waals surface area contributed by atoms with Gasteiger partial charge >= 0.3 is 0 Å². The number of hydrogen-bond acceptors (Lipinski definition) is 2. The van der Waals surface area contributed by atoms with Crippen LogP contribution in [0.2, 0.25) is 0 Å². The number of nitrogens with zero attached hydrogens (tertiary/aromatic N) is 3. The maximum absolute atomic E-state index is 5.41. The van der Waals surface area contributed by atoms with E-state index in [2.05, 4.69) is 170 Å². The third-order valence-corrected chi connectivity index (χ3v) is 10.4. The fraction of sp³-hybridized carbons (Fsp3) is 0.0667. The molecule has 2 aromatic heterocycles. The molecule has 0 unspecified atom stereocenters. The molecule has 0 saturated carbocycles. The summed E-state index contributed by atoms with van der Waals surface area (Å²) in [5.41, 5.74) is 12.8. The van der Waals surface area contributed by atoms with Gasteiger partial charge in [0, 0.05) is 32.7 Å². The highest BCUT2D eigenvalue weighted by Gasteiger charge is 2.37. The molecular weight excluding hydrogens is 583 g/mol. The second-order valence-electron chi connectivity index (χ2n) is 13.4. The monoisotopic (exact) mass is 613 g/mol. The Morgan fingerprint density at radius 1 is 0.500 bits per heavy atom. The van der Waals surface area contributed by atoms with Crippen LogP contribution >= 0.6 is 0 Å². The van der Waals surface area contributed by atoms with Gasteiger partial charge in [-0.05, 0) is 50.7 Å². The fourth-order valence-corrected chi connectivity index (χ4v) is 8.31. The van der Waals surface area contributed by atoms with Crippen LogP contribution in [0.5, 0.6) is 0 Å². The van der Waals surface area contributed by atoms with E-state index in [1.165, 1.54) is 54.9 Å². The standard InChI is InChI=1S/C45H31N3/c1-45(2)37-24-10-8-18-31(37)32-20-12-21-33(41(32)45)34-22-13-23-36-40-30-17-7-6-14-28(30)26-27-39(40)48(43(34)36)44-46-38-25-11-9-19-35(38)42(47-44)29-15-4-3-5-16-29/h3-27H,1-2H3. The van der Waals surface area contributed by atoms with Gasteiger partial charge in [-0.15, -0.1) is 0 Å². The quantitative estimate of drug-likeness (QED) is 0.198. The van der Waals surface area contributed by atoms with Gasteiger partial charge in [0.25, 0.3) is 0 Å². The van der Waals surface area contributed by atoms with Crippen molar-refractivity contribution in [2.45, 2.75) is 19.3 Å². The molecule has 0 spiro atoms. The van der Waals surface area contributed by atoms with E-state index < -0.39 is 0 Å². The van der Waals surface area contributed by atoms with Crippen LogP contribution in [0.1, 0.15) is 25.0 Å². The van der Waals surface area contributed by atoms with E-state index in [1.807, 2.05) is 0 Å². The van der Waals surface area contributed by atoms with Crippen LogP contribution in [-0.2, 0) is 5.41 Å². The third kappa shape index (κ3) is 3.70. The molecule has 0 N–H and O–H groups in total. The molecule has 3 nitrogen and oxygen atoms in total. The molecule has 0 saturated heterocycles. The summed E-state index contributed by atoms with van der Waals surface area (Å²) in [5, 5.41) is 5.91. The first kappa shape index (κ1) is 27.1. The van der Waals surface area contributed by atoms with Gasteiger partial charge in [-0.1, -0.05) is 153 Å². The molecule has 48 heavy (non-hydrogen) atoms. The summed E-state index contributed by atoms with van der Waals surface area (Å²) in [4.78, 5) is 10.7. The van der Waals surface area contributed by atoms with Crippen LogP contribution in [0, 0.1) is 0 Å². The van der Waals surface area contributed by atoms with Crippen molar-refractivity contribution in [1.82, 2.24) is 14.5 Å². The lowest BCUT2D eigenvalue weighted by Gasteiger charge is -2.25. The topological polar surface area (TPSA) is 30.7 Å². The maximum atomic E-state index is 5.41. The van der Waals surface area contributed by atoms with Crippen LogP contribution in [0.15, 0.2) is 152 Å². The van der Waals surface area contributed by atoms with E-state index in [0.29, 0.717) is 5.95 Å². The lowest BCUT2D eigenvalue weighted by atomic mass is 9.78. The number of hydrogen-bond donors (Lipinski definition) is 0. The van der Waals surface area contributed by atoms with Crippen LogP contribution in [0.25, 0.3) is 82.9 Å². The van der Waals surface area contributed by atoms with Crippen molar-refractivity contribution >= 4 is 43.5 Å². The molecule has 0 atom stereocenters. The van der Waals surface area contributed by atoms with Gasteiger partial charge in [-0.2, -0.15) is 0 Å². The highest BCUT2D eigenvalue weighted by atomic mass is 15.2. The lowest BCUT2D eigenvalue weighted by Crippen LogP contribution is -2.16. The van der Waals surface area contributed by atoms with Crippen molar-refractivity contribution in [3.8, 4) is 39.5 Å². The Balaban J connectivity index is 1.37. The van der Waals surface area contributed by atoms with Gasteiger partial charge in [0.2, 0.25) is 5.95 Å². The van der Waals surface area contributed by atoms with Gasteiger partial charge in [0.1, 0.15) is 0 Å². The van der Waals surface area contributed by atoms with Crippen molar-refractivity contribution < 1.29 is 0 Å². The largest absolute Gasteiger partial charge is 0.277 e. The third-order valence-electron chi connectivity index (χ3n) is 10.4. The Kier molecular flexibility index (Phi) is 5.63. The molecule has 226 valence electrons. The molecule has 0 bridgehead atoms. The molecule has 1 aliphatic carbocycles. The Morgan fingerprint density at radius 2 is 1.15 bits per heavy atom. The Labute approximate surface area is 278 Å². The highest BCUT2D eigenvalue weighted by molar-refractivity contribution is 6.23. The molecule has 7 aromatic carbocycles. The summed E-state index contributed by atoms with van der Waals surface area (Å²) in [6.07, 6.45) is 0. The van der Waals surface area contributed by atoms with Crippen LogP contribution < -0.4 is 0 Å². The van der Waals surface area contributed by atoms with Gasteiger partial charge in [-0.25, -0.2) is 9.97 Å². The summed E-state index contributed by atoms with van der Waals surface area (Å²) < 4.78 is 2.32. The van der Waals surface area contributed by atoms with E-state index in [0.717, 1.165) is 33.2 Å². The predicted octanol–water partition coefficient (Wildman–Crippen LogP) is 11.5. The van der Waals surface area contributed by atoms with E-state index in [4.69, 9.17) is 9.97 Å². The zero-order valence-corrected chi connectivity index (χ0v) is 26.8. The Hall–Kier alpha value is -6.06. The number of para-hydroxylation sites is 2. The smallest absolute Gasteiger partial charge is 0.235 e. The van der Waals surface area contributed by atoms with E-state index in [9.17, 15) is 0 Å². The number of benzene rings is 7. The van der Waals surface area contributed by atoms with E-state index in [1.54, 1.807) is 0 Å².